The van der Waals surface area contributed by atoms with E-state index in [0.717, 1.165) is 45.2 Å². The highest BCUT2D eigenvalue weighted by atomic mass is 16.7. The zero-order chi connectivity index (χ0) is 19.2. The first-order chi connectivity index (χ1) is 13.1. The zero-order valence-corrected chi connectivity index (χ0v) is 16.3. The van der Waals surface area contributed by atoms with E-state index < -0.39 is 12.1 Å². The van der Waals surface area contributed by atoms with Crippen molar-refractivity contribution < 1.29 is 14.4 Å². The van der Waals surface area contributed by atoms with Gasteiger partial charge < -0.3 is 14.5 Å². The molecule has 3 rings (SSSR count). The molecular formula is C21H31N3O3. The first-order valence-electron chi connectivity index (χ1n) is 10.0. The fourth-order valence-electron chi connectivity index (χ4n) is 4.46. The van der Waals surface area contributed by atoms with E-state index in [0.29, 0.717) is 18.3 Å². The van der Waals surface area contributed by atoms with E-state index in [1.807, 2.05) is 13.0 Å². The summed E-state index contributed by atoms with van der Waals surface area (Å²) >= 11 is 0. The molecule has 1 heterocycles. The van der Waals surface area contributed by atoms with Crippen LogP contribution in [0.15, 0.2) is 30.3 Å². The van der Waals surface area contributed by atoms with Gasteiger partial charge in [0.15, 0.2) is 0 Å². The second kappa shape index (κ2) is 9.33. The SMILES string of the molecule is CCC[C@@H](C=O)N(C)C(=O)ON[C@@H]1CC[C@H]2CN(Cc3ccccc3)C[C@H]21. The van der Waals surface area contributed by atoms with Crippen LogP contribution in [-0.4, -0.2) is 54.4 Å². The third kappa shape index (κ3) is 4.87. The maximum Gasteiger partial charge on any atom is 0.429 e. The summed E-state index contributed by atoms with van der Waals surface area (Å²) in [5.41, 5.74) is 4.34. The predicted molar refractivity (Wildman–Crippen MR) is 104 cm³/mol. The van der Waals surface area contributed by atoms with Crippen molar-refractivity contribution in [2.75, 3.05) is 20.1 Å². The van der Waals surface area contributed by atoms with E-state index in [1.54, 1.807) is 7.05 Å². The van der Waals surface area contributed by atoms with Gasteiger partial charge in [-0.25, -0.2) is 4.79 Å². The first kappa shape index (κ1) is 19.8. The molecule has 0 spiro atoms. The highest BCUT2D eigenvalue weighted by Crippen LogP contribution is 2.38. The van der Waals surface area contributed by atoms with Crippen LogP contribution in [0.25, 0.3) is 0 Å². The standard InChI is InChI=1S/C21H31N3O3/c1-3-7-18(15-25)23(2)21(26)27-22-20-11-10-17-13-24(14-19(17)20)12-16-8-5-4-6-9-16/h4-6,8-9,15,17-20,22H,3,7,10-14H2,1-2H3/t17-,18-,19+,20+/m0/s1. The van der Waals surface area contributed by atoms with Crippen LogP contribution in [0.1, 0.15) is 38.2 Å². The number of nitrogens with one attached hydrogen (secondary N) is 1. The van der Waals surface area contributed by atoms with Crippen LogP contribution in [0.4, 0.5) is 4.79 Å². The number of fused-ring (bicyclic) bond motifs is 1. The Kier molecular flexibility index (Phi) is 6.85. The second-order valence-electron chi connectivity index (χ2n) is 7.88. The topological polar surface area (TPSA) is 61.9 Å². The second-order valence-corrected chi connectivity index (χ2v) is 7.88. The lowest BCUT2D eigenvalue weighted by molar-refractivity contribution is -0.112. The molecule has 1 N–H and O–H groups in total. The van der Waals surface area contributed by atoms with Crippen molar-refractivity contribution in [3.05, 3.63) is 35.9 Å². The van der Waals surface area contributed by atoms with Gasteiger partial charge in [0, 0.05) is 32.7 Å². The van der Waals surface area contributed by atoms with E-state index in [-0.39, 0.29) is 6.04 Å². The number of likely N-dealkylation sites (tertiary alicyclic amines) is 1. The van der Waals surface area contributed by atoms with Crippen LogP contribution in [0, 0.1) is 11.8 Å². The monoisotopic (exact) mass is 373 g/mol. The Balaban J connectivity index is 1.48. The molecule has 6 nitrogen and oxygen atoms in total. The molecule has 1 aliphatic heterocycles. The minimum absolute atomic E-state index is 0.189. The number of carbonyl (C=O) groups excluding carboxylic acids is 2. The summed E-state index contributed by atoms with van der Waals surface area (Å²) in [5, 5.41) is 0. The van der Waals surface area contributed by atoms with Crippen molar-refractivity contribution in [3.8, 4) is 0 Å². The molecule has 6 heteroatoms. The van der Waals surface area contributed by atoms with Gasteiger partial charge in [-0.2, -0.15) is 0 Å². The van der Waals surface area contributed by atoms with Crippen molar-refractivity contribution in [3.63, 3.8) is 0 Å². The third-order valence-corrected chi connectivity index (χ3v) is 6.01. The molecule has 1 aromatic rings. The Labute approximate surface area is 161 Å². The Morgan fingerprint density at radius 1 is 1.33 bits per heavy atom. The summed E-state index contributed by atoms with van der Waals surface area (Å²) < 4.78 is 0. The molecule has 2 fully saturated rings. The maximum absolute atomic E-state index is 12.2. The molecule has 27 heavy (non-hydrogen) atoms. The lowest BCUT2D eigenvalue weighted by Crippen LogP contribution is -2.44. The van der Waals surface area contributed by atoms with E-state index in [4.69, 9.17) is 4.84 Å². The molecular weight excluding hydrogens is 342 g/mol. The van der Waals surface area contributed by atoms with Crippen molar-refractivity contribution >= 4 is 12.4 Å². The lowest BCUT2D eigenvalue weighted by Gasteiger charge is -2.25. The highest BCUT2D eigenvalue weighted by Gasteiger charge is 2.43. The summed E-state index contributed by atoms with van der Waals surface area (Å²) in [6.07, 6.45) is 4.01. The molecule has 1 saturated carbocycles. The van der Waals surface area contributed by atoms with Gasteiger partial charge in [0.05, 0.1) is 6.04 Å². The number of hydroxylamine groups is 1. The number of likely N-dealkylation sites (N-methyl/N-ethyl adjacent to an activating group) is 1. The number of hydrogen-bond acceptors (Lipinski definition) is 5. The van der Waals surface area contributed by atoms with Crippen molar-refractivity contribution in [2.24, 2.45) is 11.8 Å². The van der Waals surface area contributed by atoms with Gasteiger partial charge in [0.1, 0.15) is 6.29 Å². The van der Waals surface area contributed by atoms with Crippen molar-refractivity contribution in [1.82, 2.24) is 15.3 Å². The van der Waals surface area contributed by atoms with Crippen LogP contribution >= 0.6 is 0 Å². The minimum Gasteiger partial charge on any atom is -0.353 e. The Morgan fingerprint density at radius 2 is 2.11 bits per heavy atom. The van der Waals surface area contributed by atoms with Crippen molar-refractivity contribution in [1.29, 1.82) is 0 Å². The van der Waals surface area contributed by atoms with E-state index >= 15 is 0 Å². The molecule has 0 aromatic heterocycles. The van der Waals surface area contributed by atoms with Gasteiger partial charge in [0.25, 0.3) is 0 Å². The largest absolute Gasteiger partial charge is 0.429 e. The lowest BCUT2D eigenvalue weighted by atomic mass is 9.98. The Morgan fingerprint density at radius 3 is 2.81 bits per heavy atom. The molecule has 4 atom stereocenters. The van der Waals surface area contributed by atoms with Crippen molar-refractivity contribution in [2.45, 2.75) is 51.2 Å². The normalized spacial score (nSPS) is 25.8. The highest BCUT2D eigenvalue weighted by molar-refractivity contribution is 5.72. The summed E-state index contributed by atoms with van der Waals surface area (Å²) in [5.74, 6) is 1.16. The first-order valence-corrected chi connectivity index (χ1v) is 10.0. The molecule has 1 aliphatic carbocycles. The molecule has 0 bridgehead atoms. The molecule has 0 unspecified atom stereocenters. The summed E-state index contributed by atoms with van der Waals surface area (Å²) in [6, 6.07) is 10.3. The minimum atomic E-state index is -0.483. The number of aldehydes is 1. The Bertz CT molecular complexity index is 624. The average Bonchev–Trinajstić information content (AvgIpc) is 3.24. The smallest absolute Gasteiger partial charge is 0.353 e. The fourth-order valence-corrected chi connectivity index (χ4v) is 4.46. The van der Waals surface area contributed by atoms with Crippen LogP contribution in [0.3, 0.4) is 0 Å². The molecule has 148 valence electrons. The number of benzene rings is 1. The van der Waals surface area contributed by atoms with Gasteiger partial charge >= 0.3 is 6.09 Å². The maximum atomic E-state index is 12.2. The van der Waals surface area contributed by atoms with Gasteiger partial charge in [-0.05, 0) is 36.7 Å². The summed E-state index contributed by atoms with van der Waals surface area (Å²) in [4.78, 5) is 32.6. The molecule has 1 amide bonds. The number of carbonyl (C=O) groups is 2. The summed E-state index contributed by atoms with van der Waals surface area (Å²) in [7, 11) is 1.62. The van der Waals surface area contributed by atoms with Gasteiger partial charge in [-0.15, -0.1) is 5.48 Å². The summed E-state index contributed by atoms with van der Waals surface area (Å²) in [6.45, 7) is 5.10. The van der Waals surface area contributed by atoms with E-state index in [9.17, 15) is 9.59 Å². The predicted octanol–water partition coefficient (Wildman–Crippen LogP) is 2.84. The molecule has 1 aromatic carbocycles. The molecule has 0 radical (unpaired) electrons. The van der Waals surface area contributed by atoms with Crippen LogP contribution < -0.4 is 5.48 Å². The van der Waals surface area contributed by atoms with Crippen LogP contribution in [0.2, 0.25) is 0 Å². The van der Waals surface area contributed by atoms with Gasteiger partial charge in [0.2, 0.25) is 0 Å². The third-order valence-electron chi connectivity index (χ3n) is 6.01. The van der Waals surface area contributed by atoms with Crippen LogP contribution in [-0.2, 0) is 16.2 Å². The number of rotatable bonds is 8. The number of hydrogen-bond donors (Lipinski definition) is 1. The van der Waals surface area contributed by atoms with Gasteiger partial charge in [-0.1, -0.05) is 43.7 Å². The molecule has 1 saturated heterocycles. The number of amides is 1. The fraction of sp³-hybridized carbons (Fsp3) is 0.619. The quantitative estimate of drug-likeness (QED) is 0.561. The van der Waals surface area contributed by atoms with Gasteiger partial charge in [-0.3, -0.25) is 4.90 Å². The van der Waals surface area contributed by atoms with E-state index in [2.05, 4.69) is 34.6 Å². The zero-order valence-electron chi connectivity index (χ0n) is 16.3. The average molecular weight is 373 g/mol. The van der Waals surface area contributed by atoms with E-state index in [1.165, 1.54) is 10.5 Å². The Hall–Kier alpha value is -1.92. The number of nitrogens with zero attached hydrogens (tertiary/aromatic N) is 2. The molecule has 2 aliphatic rings. The van der Waals surface area contributed by atoms with Crippen LogP contribution in [0.5, 0.6) is 0 Å².